The molecular formula is C23H28Cl2N2O2S. The Morgan fingerprint density at radius 2 is 1.77 bits per heavy atom. The number of benzene rings is 2. The van der Waals surface area contributed by atoms with Gasteiger partial charge in [0.05, 0.1) is 5.75 Å². The number of rotatable bonds is 9. The Balaban J connectivity index is 2.18. The number of nitrogens with zero attached hydrogens (tertiary/aromatic N) is 1. The highest BCUT2D eigenvalue weighted by atomic mass is 35.5. The molecule has 0 spiro atoms. The van der Waals surface area contributed by atoms with Crippen molar-refractivity contribution in [2.75, 3.05) is 5.75 Å². The fourth-order valence-corrected chi connectivity index (χ4v) is 4.00. The molecule has 162 valence electrons. The molecule has 0 heterocycles. The van der Waals surface area contributed by atoms with Crippen molar-refractivity contribution in [2.24, 2.45) is 0 Å². The van der Waals surface area contributed by atoms with Gasteiger partial charge in [-0.3, -0.25) is 9.59 Å². The third kappa shape index (κ3) is 7.22. The number of aryl methyl sites for hydroxylation is 1. The summed E-state index contributed by atoms with van der Waals surface area (Å²) in [6.07, 6.45) is 0.818. The summed E-state index contributed by atoms with van der Waals surface area (Å²) in [5.74, 6) is -0.0728. The molecule has 2 atom stereocenters. The lowest BCUT2D eigenvalue weighted by molar-refractivity contribution is -0.138. The summed E-state index contributed by atoms with van der Waals surface area (Å²) in [5, 5.41) is 3.96. The third-order valence-electron chi connectivity index (χ3n) is 4.91. The zero-order valence-corrected chi connectivity index (χ0v) is 20.1. The van der Waals surface area contributed by atoms with E-state index in [1.165, 1.54) is 17.3 Å². The van der Waals surface area contributed by atoms with Crippen LogP contribution in [0.25, 0.3) is 0 Å². The second kappa shape index (κ2) is 11.6. The van der Waals surface area contributed by atoms with E-state index < -0.39 is 6.04 Å². The quantitative estimate of drug-likeness (QED) is 0.480. The maximum atomic E-state index is 13.1. The highest BCUT2D eigenvalue weighted by Gasteiger charge is 2.27. The second-order valence-electron chi connectivity index (χ2n) is 7.35. The number of halogens is 2. The van der Waals surface area contributed by atoms with Crippen LogP contribution in [-0.4, -0.2) is 34.6 Å². The lowest BCUT2D eigenvalue weighted by atomic mass is 10.1. The van der Waals surface area contributed by atoms with Crippen molar-refractivity contribution in [3.8, 4) is 0 Å². The topological polar surface area (TPSA) is 49.4 Å². The van der Waals surface area contributed by atoms with Crippen molar-refractivity contribution < 1.29 is 9.59 Å². The van der Waals surface area contributed by atoms with Crippen molar-refractivity contribution in [1.82, 2.24) is 10.2 Å². The lowest BCUT2D eigenvalue weighted by Crippen LogP contribution is -2.50. The predicted octanol–water partition coefficient (Wildman–Crippen LogP) is 5.73. The summed E-state index contributed by atoms with van der Waals surface area (Å²) < 4.78 is 0. The van der Waals surface area contributed by atoms with Gasteiger partial charge in [0.25, 0.3) is 0 Å². The van der Waals surface area contributed by atoms with Crippen molar-refractivity contribution in [3.05, 3.63) is 63.6 Å². The first-order valence-electron chi connectivity index (χ1n) is 9.94. The number of nitrogens with one attached hydrogen (secondary N) is 1. The standard InChI is InChI=1S/C23H28Cl2N2O2S/c1-5-16(3)26-23(29)17(4)27(13-18-8-9-19(24)12-21(18)25)22(28)14-30-20-10-6-15(2)7-11-20/h6-12,16-17H,5,13-14H2,1-4H3,(H,26,29). The first-order chi connectivity index (χ1) is 14.2. The highest BCUT2D eigenvalue weighted by molar-refractivity contribution is 8.00. The Labute approximate surface area is 193 Å². The van der Waals surface area contributed by atoms with Gasteiger partial charge in [0, 0.05) is 27.5 Å². The van der Waals surface area contributed by atoms with Crippen LogP contribution in [0.3, 0.4) is 0 Å². The minimum absolute atomic E-state index is 0.0398. The minimum Gasteiger partial charge on any atom is -0.352 e. The molecule has 7 heteroatoms. The summed E-state index contributed by atoms with van der Waals surface area (Å²) in [6, 6.07) is 12.6. The highest BCUT2D eigenvalue weighted by Crippen LogP contribution is 2.25. The summed E-state index contributed by atoms with van der Waals surface area (Å²) in [4.78, 5) is 28.4. The molecule has 0 radical (unpaired) electrons. The van der Waals surface area contributed by atoms with Crippen LogP contribution >= 0.6 is 35.0 Å². The molecule has 30 heavy (non-hydrogen) atoms. The zero-order chi connectivity index (χ0) is 22.3. The molecule has 0 aliphatic carbocycles. The summed E-state index contributed by atoms with van der Waals surface area (Å²) >= 11 is 13.8. The number of amides is 2. The normalized spacial score (nSPS) is 12.9. The molecule has 0 aliphatic heterocycles. The van der Waals surface area contributed by atoms with Crippen LogP contribution in [0, 0.1) is 6.92 Å². The number of hydrogen-bond donors (Lipinski definition) is 1. The van der Waals surface area contributed by atoms with Crippen LogP contribution < -0.4 is 5.32 Å². The molecule has 0 fully saturated rings. The lowest BCUT2D eigenvalue weighted by Gasteiger charge is -2.30. The van der Waals surface area contributed by atoms with Crippen LogP contribution in [0.2, 0.25) is 10.0 Å². The summed E-state index contributed by atoms with van der Waals surface area (Å²) in [7, 11) is 0. The van der Waals surface area contributed by atoms with Crippen molar-refractivity contribution >= 4 is 46.8 Å². The van der Waals surface area contributed by atoms with E-state index in [0.29, 0.717) is 10.0 Å². The van der Waals surface area contributed by atoms with Crippen LogP contribution in [0.5, 0.6) is 0 Å². The Hall–Kier alpha value is -1.69. The molecule has 0 aliphatic rings. The molecule has 2 unspecified atom stereocenters. The van der Waals surface area contributed by atoms with Gasteiger partial charge in [-0.05, 0) is 57.0 Å². The fraction of sp³-hybridized carbons (Fsp3) is 0.391. The summed E-state index contributed by atoms with van der Waals surface area (Å²) in [5.41, 5.74) is 1.91. The number of carbonyl (C=O) groups excluding carboxylic acids is 2. The van der Waals surface area contributed by atoms with Gasteiger partial charge in [0.2, 0.25) is 11.8 Å². The zero-order valence-electron chi connectivity index (χ0n) is 17.7. The maximum absolute atomic E-state index is 13.1. The van der Waals surface area contributed by atoms with E-state index in [9.17, 15) is 9.59 Å². The average Bonchev–Trinajstić information content (AvgIpc) is 2.72. The Kier molecular flexibility index (Phi) is 9.53. The van der Waals surface area contributed by atoms with Crippen LogP contribution in [-0.2, 0) is 16.1 Å². The Morgan fingerprint density at radius 1 is 1.10 bits per heavy atom. The minimum atomic E-state index is -0.628. The first-order valence-corrected chi connectivity index (χ1v) is 11.7. The molecule has 0 aromatic heterocycles. The molecule has 2 amide bonds. The number of carbonyl (C=O) groups is 2. The van der Waals surface area contributed by atoms with Gasteiger partial charge in [-0.25, -0.2) is 0 Å². The smallest absolute Gasteiger partial charge is 0.242 e. The number of hydrogen-bond acceptors (Lipinski definition) is 3. The van der Waals surface area contributed by atoms with Crippen LogP contribution in [0.4, 0.5) is 0 Å². The fourth-order valence-electron chi connectivity index (χ4n) is 2.74. The molecule has 0 saturated carbocycles. The van der Waals surface area contributed by atoms with Crippen LogP contribution in [0.15, 0.2) is 47.4 Å². The van der Waals surface area contributed by atoms with E-state index >= 15 is 0 Å². The van der Waals surface area contributed by atoms with Crippen molar-refractivity contribution in [3.63, 3.8) is 0 Å². The second-order valence-corrected chi connectivity index (χ2v) is 9.25. The maximum Gasteiger partial charge on any atom is 0.242 e. The van der Waals surface area contributed by atoms with Gasteiger partial charge >= 0.3 is 0 Å². The molecule has 0 saturated heterocycles. The van der Waals surface area contributed by atoms with E-state index in [1.54, 1.807) is 30.0 Å². The Morgan fingerprint density at radius 3 is 2.37 bits per heavy atom. The van der Waals surface area contributed by atoms with E-state index in [1.807, 2.05) is 45.0 Å². The largest absolute Gasteiger partial charge is 0.352 e. The molecular weight excluding hydrogens is 439 g/mol. The first kappa shape index (κ1) is 24.6. The van der Waals surface area contributed by atoms with Gasteiger partial charge < -0.3 is 10.2 Å². The van der Waals surface area contributed by atoms with Crippen molar-refractivity contribution in [2.45, 2.75) is 57.6 Å². The van der Waals surface area contributed by atoms with Gasteiger partial charge in [0.1, 0.15) is 6.04 Å². The van der Waals surface area contributed by atoms with E-state index in [2.05, 4.69) is 5.32 Å². The average molecular weight is 467 g/mol. The van der Waals surface area contributed by atoms with E-state index in [0.717, 1.165) is 16.9 Å². The van der Waals surface area contributed by atoms with Gasteiger partial charge in [-0.1, -0.05) is 53.9 Å². The molecule has 4 nitrogen and oxygen atoms in total. The molecule has 2 aromatic rings. The van der Waals surface area contributed by atoms with E-state index in [4.69, 9.17) is 23.2 Å². The van der Waals surface area contributed by atoms with Gasteiger partial charge in [-0.15, -0.1) is 11.8 Å². The van der Waals surface area contributed by atoms with Gasteiger partial charge in [-0.2, -0.15) is 0 Å². The third-order valence-corrected chi connectivity index (χ3v) is 6.49. The summed E-state index contributed by atoms with van der Waals surface area (Å²) in [6.45, 7) is 7.95. The van der Waals surface area contributed by atoms with Crippen LogP contribution in [0.1, 0.15) is 38.3 Å². The monoisotopic (exact) mass is 466 g/mol. The molecule has 0 bridgehead atoms. The number of thioether (sulfide) groups is 1. The van der Waals surface area contributed by atoms with Crippen molar-refractivity contribution in [1.29, 1.82) is 0 Å². The van der Waals surface area contributed by atoms with E-state index in [-0.39, 0.29) is 30.2 Å². The molecule has 2 rings (SSSR count). The molecule has 2 aromatic carbocycles. The SMILES string of the molecule is CCC(C)NC(=O)C(C)N(Cc1ccc(Cl)cc1Cl)C(=O)CSc1ccc(C)cc1. The van der Waals surface area contributed by atoms with Gasteiger partial charge in [0.15, 0.2) is 0 Å². The molecule has 1 N–H and O–H groups in total. The predicted molar refractivity (Wildman–Crippen MR) is 126 cm³/mol. The Bertz CT molecular complexity index is 874.